The molecule has 29 heavy (non-hydrogen) atoms. The van der Waals surface area contributed by atoms with E-state index in [1.54, 1.807) is 42.5 Å². The van der Waals surface area contributed by atoms with Crippen LogP contribution >= 0.6 is 11.6 Å². The van der Waals surface area contributed by atoms with Crippen LogP contribution in [0.2, 0.25) is 5.02 Å². The lowest BCUT2D eigenvalue weighted by Crippen LogP contribution is -2.30. The van der Waals surface area contributed by atoms with Gasteiger partial charge in [0.2, 0.25) is 0 Å². The number of ether oxygens (including phenoxy) is 2. The number of aromatic nitrogens is 2. The molecule has 146 valence electrons. The second-order valence-corrected chi connectivity index (χ2v) is 6.35. The first kappa shape index (κ1) is 20.0. The van der Waals surface area contributed by atoms with Gasteiger partial charge in [-0.3, -0.25) is 14.3 Å². The molecule has 0 bridgehead atoms. The largest absolute Gasteiger partial charge is 0.488 e. The Hall–Kier alpha value is -3.76. The molecule has 2 aromatic carbocycles. The van der Waals surface area contributed by atoms with E-state index in [2.05, 4.69) is 11.6 Å². The summed E-state index contributed by atoms with van der Waals surface area (Å²) >= 11 is 6.28. The Kier molecular flexibility index (Phi) is 6.17. The first-order valence-corrected chi connectivity index (χ1v) is 8.94. The summed E-state index contributed by atoms with van der Waals surface area (Å²) in [6.45, 7) is 4.06. The van der Waals surface area contributed by atoms with Gasteiger partial charge in [-0.05, 0) is 29.8 Å². The van der Waals surface area contributed by atoms with Crippen molar-refractivity contribution in [2.45, 2.75) is 6.54 Å². The number of aromatic amines is 1. The molecule has 0 saturated carbocycles. The fraction of sp³-hybridized carbons (Fsp3) is 0.0952. The van der Waals surface area contributed by atoms with Gasteiger partial charge in [0.05, 0.1) is 23.2 Å². The number of hydrogen-bond donors (Lipinski definition) is 1. The Morgan fingerprint density at radius 3 is 2.76 bits per heavy atom. The topological polar surface area (TPSA) is 97.1 Å². The lowest BCUT2D eigenvalue weighted by atomic mass is 10.1. The number of allylic oxidation sites excluding steroid dienone is 1. The molecule has 0 radical (unpaired) electrons. The molecule has 0 aliphatic carbocycles. The van der Waals surface area contributed by atoms with Gasteiger partial charge in [0.15, 0.2) is 11.5 Å². The summed E-state index contributed by atoms with van der Waals surface area (Å²) in [5.74, 6) is 1.16. The summed E-state index contributed by atoms with van der Waals surface area (Å²) in [5, 5.41) is 9.35. The van der Waals surface area contributed by atoms with E-state index in [1.807, 2.05) is 6.07 Å². The number of H-pyrrole nitrogens is 1. The summed E-state index contributed by atoms with van der Waals surface area (Å²) in [6.07, 6.45) is 1.40. The normalized spacial score (nSPS) is 10.2. The number of rotatable bonds is 7. The van der Waals surface area contributed by atoms with Gasteiger partial charge in [0.25, 0.3) is 5.56 Å². The second-order valence-electron chi connectivity index (χ2n) is 5.94. The second kappa shape index (κ2) is 8.95. The van der Waals surface area contributed by atoms with Crippen LogP contribution in [-0.2, 0) is 6.54 Å². The minimum atomic E-state index is -0.516. The highest BCUT2D eigenvalue weighted by molar-refractivity contribution is 6.32. The molecular formula is C21H16ClN3O4. The molecule has 1 N–H and O–H groups in total. The summed E-state index contributed by atoms with van der Waals surface area (Å²) in [5.41, 5.74) is -0.0217. The van der Waals surface area contributed by atoms with Crippen molar-refractivity contribution in [3.63, 3.8) is 0 Å². The third-order valence-electron chi connectivity index (χ3n) is 3.95. The summed E-state index contributed by atoms with van der Waals surface area (Å²) in [6, 6.07) is 15.2. The van der Waals surface area contributed by atoms with Crippen molar-refractivity contribution < 1.29 is 9.47 Å². The Labute approximate surface area is 171 Å². The monoisotopic (exact) mass is 409 g/mol. The molecule has 0 aliphatic heterocycles. The van der Waals surface area contributed by atoms with Gasteiger partial charge < -0.3 is 9.47 Å². The molecule has 0 amide bonds. The van der Waals surface area contributed by atoms with E-state index in [4.69, 9.17) is 26.3 Å². The van der Waals surface area contributed by atoms with E-state index in [9.17, 15) is 9.59 Å². The number of nitrogens with one attached hydrogen (secondary N) is 1. The third-order valence-corrected chi connectivity index (χ3v) is 4.25. The Morgan fingerprint density at radius 1 is 1.21 bits per heavy atom. The zero-order chi connectivity index (χ0) is 20.8. The number of hydrogen-bond acceptors (Lipinski definition) is 5. The predicted molar refractivity (Wildman–Crippen MR) is 109 cm³/mol. The van der Waals surface area contributed by atoms with Crippen molar-refractivity contribution in [2.24, 2.45) is 0 Å². The minimum Gasteiger partial charge on any atom is -0.488 e. The van der Waals surface area contributed by atoms with E-state index < -0.39 is 11.2 Å². The first-order chi connectivity index (χ1) is 14.0. The number of halogens is 1. The smallest absolute Gasteiger partial charge is 0.328 e. The van der Waals surface area contributed by atoms with E-state index in [0.717, 1.165) is 0 Å². The molecule has 1 heterocycles. The fourth-order valence-corrected chi connectivity index (χ4v) is 2.71. The molecule has 0 aliphatic rings. The van der Waals surface area contributed by atoms with Crippen LogP contribution in [0.5, 0.6) is 17.2 Å². The van der Waals surface area contributed by atoms with E-state index in [0.29, 0.717) is 33.4 Å². The lowest BCUT2D eigenvalue weighted by molar-refractivity contribution is 0.283. The van der Waals surface area contributed by atoms with Crippen molar-refractivity contribution in [1.29, 1.82) is 5.26 Å². The Morgan fingerprint density at radius 2 is 2.00 bits per heavy atom. The van der Waals surface area contributed by atoms with Gasteiger partial charge in [-0.1, -0.05) is 36.4 Å². The molecule has 1 aromatic heterocycles. The number of para-hydroxylation sites is 1. The van der Waals surface area contributed by atoms with Gasteiger partial charge in [0, 0.05) is 12.3 Å². The molecule has 0 atom stereocenters. The Balaban J connectivity index is 1.77. The van der Waals surface area contributed by atoms with Crippen LogP contribution in [0.1, 0.15) is 5.56 Å². The van der Waals surface area contributed by atoms with Crippen LogP contribution in [-0.4, -0.2) is 16.2 Å². The van der Waals surface area contributed by atoms with Crippen molar-refractivity contribution in [3.8, 4) is 23.3 Å². The van der Waals surface area contributed by atoms with Gasteiger partial charge in [-0.25, -0.2) is 4.79 Å². The van der Waals surface area contributed by atoms with Crippen LogP contribution in [0.3, 0.4) is 0 Å². The fourth-order valence-electron chi connectivity index (χ4n) is 2.51. The molecular weight excluding hydrogens is 394 g/mol. The molecule has 0 unspecified atom stereocenters. The van der Waals surface area contributed by atoms with Gasteiger partial charge in [-0.15, -0.1) is 0 Å². The van der Waals surface area contributed by atoms with Crippen molar-refractivity contribution >= 4 is 17.2 Å². The van der Waals surface area contributed by atoms with E-state index >= 15 is 0 Å². The highest BCUT2D eigenvalue weighted by Gasteiger charge is 2.12. The van der Waals surface area contributed by atoms with Crippen LogP contribution < -0.4 is 20.7 Å². The number of benzene rings is 2. The third kappa shape index (κ3) is 4.94. The van der Waals surface area contributed by atoms with Crippen molar-refractivity contribution in [2.75, 3.05) is 6.61 Å². The lowest BCUT2D eigenvalue weighted by Gasteiger charge is -2.14. The predicted octanol–water partition coefficient (Wildman–Crippen LogP) is 3.60. The van der Waals surface area contributed by atoms with Gasteiger partial charge >= 0.3 is 5.69 Å². The standard InChI is InChI=1S/C21H16ClN3O4/c1-14(13-23)15-4-2-5-16(12-15)29-20-17(22)6-3-7-18(20)28-11-10-25-9-8-19(26)24-21(25)27/h2-9,12H,1,10-11H2,(H,24,26,27). The average Bonchev–Trinajstić information content (AvgIpc) is 2.71. The van der Waals surface area contributed by atoms with Crippen LogP contribution in [0, 0.1) is 11.3 Å². The van der Waals surface area contributed by atoms with Crippen LogP contribution in [0.15, 0.2) is 70.9 Å². The SMILES string of the molecule is C=C(C#N)c1cccc(Oc2c(Cl)cccc2OCCn2ccc(=O)[nH]c2=O)c1. The van der Waals surface area contributed by atoms with Crippen molar-refractivity contribution in [1.82, 2.24) is 9.55 Å². The number of nitrogens with zero attached hydrogens (tertiary/aromatic N) is 2. The zero-order valence-electron chi connectivity index (χ0n) is 15.2. The Bertz CT molecular complexity index is 1210. The molecule has 3 rings (SSSR count). The van der Waals surface area contributed by atoms with Crippen LogP contribution in [0.25, 0.3) is 5.57 Å². The van der Waals surface area contributed by atoms with Crippen molar-refractivity contribution in [3.05, 3.63) is 92.7 Å². The first-order valence-electron chi connectivity index (χ1n) is 8.56. The highest BCUT2D eigenvalue weighted by atomic mass is 35.5. The molecule has 0 spiro atoms. The quantitative estimate of drug-likeness (QED) is 0.601. The van der Waals surface area contributed by atoms with Gasteiger partial charge in [-0.2, -0.15) is 5.26 Å². The molecule has 3 aromatic rings. The van der Waals surface area contributed by atoms with E-state index in [1.165, 1.54) is 16.8 Å². The maximum absolute atomic E-state index is 11.7. The maximum Gasteiger partial charge on any atom is 0.328 e. The zero-order valence-corrected chi connectivity index (χ0v) is 16.0. The minimum absolute atomic E-state index is 0.147. The highest BCUT2D eigenvalue weighted by Crippen LogP contribution is 2.38. The molecule has 0 fully saturated rings. The average molecular weight is 410 g/mol. The van der Waals surface area contributed by atoms with Crippen LogP contribution in [0.4, 0.5) is 0 Å². The van der Waals surface area contributed by atoms with E-state index in [-0.39, 0.29) is 13.2 Å². The number of nitriles is 1. The molecule has 0 saturated heterocycles. The molecule has 8 heteroatoms. The summed E-state index contributed by atoms with van der Waals surface area (Å²) in [7, 11) is 0. The van der Waals surface area contributed by atoms with Gasteiger partial charge in [0.1, 0.15) is 12.4 Å². The summed E-state index contributed by atoms with van der Waals surface area (Å²) in [4.78, 5) is 25.0. The molecule has 7 nitrogen and oxygen atoms in total. The summed E-state index contributed by atoms with van der Waals surface area (Å²) < 4.78 is 13.0. The maximum atomic E-state index is 11.7.